The molecule has 1 unspecified atom stereocenters. The molecule has 1 atom stereocenters. The number of carbonyl (C=O) groups is 2. The summed E-state index contributed by atoms with van der Waals surface area (Å²) in [6, 6.07) is 14.3. The van der Waals surface area contributed by atoms with Gasteiger partial charge in [-0.2, -0.15) is 0 Å². The molecule has 3 N–H and O–H groups in total. The molecule has 2 aromatic carbocycles. The Balaban J connectivity index is 1.67. The fraction of sp³-hybridized carbons (Fsp3) is 0.105. The normalized spacial score (nSPS) is 11.8. The van der Waals surface area contributed by atoms with Gasteiger partial charge in [-0.25, -0.2) is 4.98 Å². The Morgan fingerprint density at radius 3 is 2.44 bits per heavy atom. The predicted molar refractivity (Wildman–Crippen MR) is 110 cm³/mol. The van der Waals surface area contributed by atoms with Crippen LogP contribution in [0.25, 0.3) is 5.69 Å². The molecule has 27 heavy (non-hydrogen) atoms. The number of thioether (sulfide) groups is 1. The standard InChI is InChI=1S/C19H17BrN4O2S/c1-12(18(26)23-15-6-2-13(3-7-15)17(21)25)27-19-22-10-11-24(19)16-8-4-14(20)5-9-16/h2-12H,1H3,(H2,21,25)(H,23,26). The number of benzene rings is 2. The van der Waals surface area contributed by atoms with Crippen molar-refractivity contribution < 1.29 is 9.59 Å². The molecule has 0 radical (unpaired) electrons. The lowest BCUT2D eigenvalue weighted by atomic mass is 10.2. The van der Waals surface area contributed by atoms with Gasteiger partial charge in [-0.15, -0.1) is 0 Å². The molecule has 3 rings (SSSR count). The Morgan fingerprint density at radius 1 is 1.15 bits per heavy atom. The summed E-state index contributed by atoms with van der Waals surface area (Å²) in [6.45, 7) is 1.82. The molecule has 138 valence electrons. The van der Waals surface area contributed by atoms with Gasteiger partial charge in [-0.05, 0) is 55.5 Å². The first kappa shape index (κ1) is 19.2. The van der Waals surface area contributed by atoms with Crippen molar-refractivity contribution in [1.82, 2.24) is 9.55 Å². The minimum Gasteiger partial charge on any atom is -0.366 e. The fourth-order valence-electron chi connectivity index (χ4n) is 2.35. The summed E-state index contributed by atoms with van der Waals surface area (Å²) in [5, 5.41) is 3.19. The molecule has 0 bridgehead atoms. The number of primary amides is 1. The SMILES string of the molecule is CC(Sc1nccn1-c1ccc(Br)cc1)C(=O)Nc1ccc(C(N)=O)cc1. The maximum absolute atomic E-state index is 12.5. The van der Waals surface area contributed by atoms with Crippen molar-refractivity contribution in [1.29, 1.82) is 0 Å². The predicted octanol–water partition coefficient (Wildman–Crippen LogP) is 3.85. The highest BCUT2D eigenvalue weighted by Gasteiger charge is 2.18. The highest BCUT2D eigenvalue weighted by molar-refractivity contribution is 9.10. The third kappa shape index (κ3) is 4.78. The van der Waals surface area contributed by atoms with Crippen molar-refractivity contribution in [2.24, 2.45) is 5.73 Å². The van der Waals surface area contributed by atoms with Crippen LogP contribution < -0.4 is 11.1 Å². The third-order valence-corrected chi connectivity index (χ3v) is 5.41. The van der Waals surface area contributed by atoms with Crippen molar-refractivity contribution in [3.05, 3.63) is 71.0 Å². The van der Waals surface area contributed by atoms with Gasteiger partial charge in [0.05, 0.1) is 5.25 Å². The highest BCUT2D eigenvalue weighted by Crippen LogP contribution is 2.26. The van der Waals surface area contributed by atoms with Gasteiger partial charge in [0.15, 0.2) is 5.16 Å². The maximum Gasteiger partial charge on any atom is 0.248 e. The molecule has 1 heterocycles. The average Bonchev–Trinajstić information content (AvgIpc) is 3.10. The second kappa shape index (κ2) is 8.41. The van der Waals surface area contributed by atoms with E-state index in [2.05, 4.69) is 26.2 Å². The number of imidazole rings is 1. The summed E-state index contributed by atoms with van der Waals surface area (Å²) in [4.78, 5) is 27.9. The molecule has 0 aliphatic carbocycles. The first-order valence-electron chi connectivity index (χ1n) is 8.11. The summed E-state index contributed by atoms with van der Waals surface area (Å²) in [5.41, 5.74) is 7.18. The van der Waals surface area contributed by atoms with Gasteiger partial charge in [0.25, 0.3) is 0 Å². The minimum absolute atomic E-state index is 0.155. The Bertz CT molecular complexity index is 955. The summed E-state index contributed by atoms with van der Waals surface area (Å²) in [6.07, 6.45) is 3.57. The van der Waals surface area contributed by atoms with Crippen LogP contribution in [-0.2, 0) is 4.79 Å². The van der Waals surface area contributed by atoms with Crippen LogP contribution >= 0.6 is 27.7 Å². The molecule has 0 saturated heterocycles. The van der Waals surface area contributed by atoms with Crippen LogP contribution in [0.1, 0.15) is 17.3 Å². The lowest BCUT2D eigenvalue weighted by Gasteiger charge is -2.13. The van der Waals surface area contributed by atoms with Crippen molar-refractivity contribution in [2.75, 3.05) is 5.32 Å². The zero-order valence-electron chi connectivity index (χ0n) is 14.4. The molecule has 2 amide bonds. The number of nitrogens with one attached hydrogen (secondary N) is 1. The number of hydrogen-bond acceptors (Lipinski definition) is 4. The lowest BCUT2D eigenvalue weighted by molar-refractivity contribution is -0.115. The van der Waals surface area contributed by atoms with Gasteiger partial charge in [0.2, 0.25) is 11.8 Å². The van der Waals surface area contributed by atoms with Crippen LogP contribution in [0.15, 0.2) is 70.6 Å². The van der Waals surface area contributed by atoms with Crippen LogP contribution in [0, 0.1) is 0 Å². The number of halogens is 1. The van der Waals surface area contributed by atoms with E-state index in [0.29, 0.717) is 11.3 Å². The van der Waals surface area contributed by atoms with Gasteiger partial charge in [-0.3, -0.25) is 14.2 Å². The highest BCUT2D eigenvalue weighted by atomic mass is 79.9. The zero-order chi connectivity index (χ0) is 19.4. The van der Waals surface area contributed by atoms with Crippen LogP contribution in [0.4, 0.5) is 5.69 Å². The average molecular weight is 445 g/mol. The van der Waals surface area contributed by atoms with Gasteiger partial charge < -0.3 is 11.1 Å². The molecule has 6 nitrogen and oxygen atoms in total. The van der Waals surface area contributed by atoms with Crippen molar-refractivity contribution in [3.63, 3.8) is 0 Å². The smallest absolute Gasteiger partial charge is 0.248 e. The monoisotopic (exact) mass is 444 g/mol. The Labute approximate surface area is 169 Å². The number of amides is 2. The topological polar surface area (TPSA) is 90.0 Å². The van der Waals surface area contributed by atoms with E-state index in [-0.39, 0.29) is 11.2 Å². The fourth-order valence-corrected chi connectivity index (χ4v) is 3.50. The summed E-state index contributed by atoms with van der Waals surface area (Å²) in [5.74, 6) is -0.659. The van der Waals surface area contributed by atoms with E-state index in [9.17, 15) is 9.59 Å². The maximum atomic E-state index is 12.5. The van der Waals surface area contributed by atoms with Gasteiger partial charge >= 0.3 is 0 Å². The quantitative estimate of drug-likeness (QED) is 0.564. The second-order valence-corrected chi connectivity index (χ2v) is 7.97. The number of rotatable bonds is 6. The van der Waals surface area contributed by atoms with Gasteiger partial charge in [-0.1, -0.05) is 27.7 Å². The van der Waals surface area contributed by atoms with E-state index >= 15 is 0 Å². The minimum atomic E-state index is -0.503. The van der Waals surface area contributed by atoms with E-state index in [1.165, 1.54) is 11.8 Å². The van der Waals surface area contributed by atoms with Crippen LogP contribution in [-0.4, -0.2) is 26.6 Å². The van der Waals surface area contributed by atoms with E-state index < -0.39 is 5.91 Å². The van der Waals surface area contributed by atoms with Crippen LogP contribution in [0.3, 0.4) is 0 Å². The molecule has 0 fully saturated rings. The molecule has 0 aliphatic rings. The Morgan fingerprint density at radius 2 is 1.81 bits per heavy atom. The van der Waals surface area contributed by atoms with E-state index in [4.69, 9.17) is 5.73 Å². The first-order valence-corrected chi connectivity index (χ1v) is 9.78. The van der Waals surface area contributed by atoms with Crippen molar-refractivity contribution >= 4 is 45.2 Å². The molecular formula is C19H17BrN4O2S. The number of carbonyl (C=O) groups excluding carboxylic acids is 2. The molecule has 3 aromatic rings. The van der Waals surface area contributed by atoms with Crippen LogP contribution in [0.5, 0.6) is 0 Å². The molecule has 8 heteroatoms. The number of nitrogens with two attached hydrogens (primary N) is 1. The van der Waals surface area contributed by atoms with Gasteiger partial charge in [0.1, 0.15) is 0 Å². The molecule has 0 aliphatic heterocycles. The Kier molecular flexibility index (Phi) is 5.98. The second-order valence-electron chi connectivity index (χ2n) is 5.75. The molecule has 0 spiro atoms. The number of aromatic nitrogens is 2. The van der Waals surface area contributed by atoms with E-state index in [1.54, 1.807) is 30.5 Å². The molecule has 0 saturated carbocycles. The molecule has 1 aromatic heterocycles. The summed E-state index contributed by atoms with van der Waals surface area (Å²) >= 11 is 4.79. The number of anilines is 1. The summed E-state index contributed by atoms with van der Waals surface area (Å²) in [7, 11) is 0. The lowest BCUT2D eigenvalue weighted by Crippen LogP contribution is -2.23. The van der Waals surface area contributed by atoms with E-state index in [0.717, 1.165) is 15.3 Å². The Hall–Kier alpha value is -2.58. The third-order valence-electron chi connectivity index (χ3n) is 3.80. The zero-order valence-corrected chi connectivity index (χ0v) is 16.8. The van der Waals surface area contributed by atoms with Crippen LogP contribution in [0.2, 0.25) is 0 Å². The molecular weight excluding hydrogens is 428 g/mol. The van der Waals surface area contributed by atoms with Crippen molar-refractivity contribution in [3.8, 4) is 5.69 Å². The van der Waals surface area contributed by atoms with Gasteiger partial charge in [0, 0.05) is 33.8 Å². The largest absolute Gasteiger partial charge is 0.366 e. The van der Waals surface area contributed by atoms with Crippen molar-refractivity contribution in [2.45, 2.75) is 17.3 Å². The number of hydrogen-bond donors (Lipinski definition) is 2. The summed E-state index contributed by atoms with van der Waals surface area (Å²) < 4.78 is 2.93. The first-order chi connectivity index (χ1) is 12.9. The number of nitrogens with zero attached hydrogens (tertiary/aromatic N) is 2. The van der Waals surface area contributed by atoms with E-state index in [1.807, 2.05) is 42.0 Å².